The molecule has 0 atom stereocenters. The first-order valence-corrected chi connectivity index (χ1v) is 2.37. The van der Waals surface area contributed by atoms with Crippen LogP contribution in [0, 0.1) is 0 Å². The van der Waals surface area contributed by atoms with Crippen molar-refractivity contribution in [1.29, 1.82) is 0 Å². The Morgan fingerprint density at radius 2 is 2.50 bits per heavy atom. The molecule has 0 saturated carbocycles. The molecule has 0 unspecified atom stereocenters. The van der Waals surface area contributed by atoms with Gasteiger partial charge in [-0.25, -0.2) is 0 Å². The van der Waals surface area contributed by atoms with Crippen LogP contribution in [0.1, 0.15) is 12.7 Å². The number of aromatic nitrogens is 4. The maximum atomic E-state index is 5.23. The van der Waals surface area contributed by atoms with Crippen LogP contribution in [0.3, 0.4) is 0 Å². The van der Waals surface area contributed by atoms with E-state index in [2.05, 4.69) is 15.5 Å². The molecule has 44 valence electrons. The summed E-state index contributed by atoms with van der Waals surface area (Å²) in [6.07, 6.45) is 0.767. The second-order valence-corrected chi connectivity index (χ2v) is 1.39. The molecule has 0 amide bonds. The quantitative estimate of drug-likeness (QED) is 0.472. The third-order valence-electron chi connectivity index (χ3n) is 0.877. The summed E-state index contributed by atoms with van der Waals surface area (Å²) in [6, 6.07) is 0. The molecule has 5 nitrogen and oxygen atoms in total. The summed E-state index contributed by atoms with van der Waals surface area (Å²) in [5, 5.41) is 10.4. The fourth-order valence-corrected chi connectivity index (χ4v) is 0.445. The highest BCUT2D eigenvalue weighted by atomic mass is 15.6. The van der Waals surface area contributed by atoms with Gasteiger partial charge in [-0.05, 0) is 10.4 Å². The van der Waals surface area contributed by atoms with Gasteiger partial charge in [0.1, 0.15) is 0 Å². The standard InChI is InChI=1S/C3H7N5/c1-2-3-5-6-7-8(3)4/h2,4H2,1H3. The van der Waals surface area contributed by atoms with Crippen molar-refractivity contribution in [3.8, 4) is 0 Å². The average Bonchev–Trinajstić information content (AvgIpc) is 2.14. The lowest BCUT2D eigenvalue weighted by atomic mass is 10.5. The van der Waals surface area contributed by atoms with Gasteiger partial charge < -0.3 is 5.84 Å². The van der Waals surface area contributed by atoms with Crippen LogP contribution in [-0.4, -0.2) is 20.3 Å². The molecule has 0 aliphatic carbocycles. The number of hydrogen-bond acceptors (Lipinski definition) is 4. The molecular formula is C3H7N5. The van der Waals surface area contributed by atoms with Crippen LogP contribution in [0.2, 0.25) is 0 Å². The fourth-order valence-electron chi connectivity index (χ4n) is 0.445. The first-order chi connectivity index (χ1) is 3.84. The van der Waals surface area contributed by atoms with Crippen LogP contribution in [0.25, 0.3) is 0 Å². The highest BCUT2D eigenvalue weighted by Gasteiger charge is 1.95. The van der Waals surface area contributed by atoms with Crippen molar-refractivity contribution in [2.24, 2.45) is 0 Å². The average molecular weight is 113 g/mol. The van der Waals surface area contributed by atoms with Gasteiger partial charge in [0.05, 0.1) is 0 Å². The highest BCUT2D eigenvalue weighted by molar-refractivity contribution is 4.76. The van der Waals surface area contributed by atoms with Gasteiger partial charge in [-0.15, -0.1) is 9.89 Å². The largest absolute Gasteiger partial charge is 0.320 e. The van der Waals surface area contributed by atoms with E-state index in [1.807, 2.05) is 6.92 Å². The minimum atomic E-state index is 0.699. The van der Waals surface area contributed by atoms with Gasteiger partial charge in [-0.3, -0.25) is 0 Å². The summed E-state index contributed by atoms with van der Waals surface area (Å²) < 4.78 is 0. The van der Waals surface area contributed by atoms with Gasteiger partial charge in [0.25, 0.3) is 0 Å². The molecule has 0 aromatic carbocycles. The van der Waals surface area contributed by atoms with Gasteiger partial charge in [0, 0.05) is 6.42 Å². The number of aryl methyl sites for hydroxylation is 1. The third-order valence-corrected chi connectivity index (χ3v) is 0.877. The van der Waals surface area contributed by atoms with E-state index in [9.17, 15) is 0 Å². The van der Waals surface area contributed by atoms with Crippen molar-refractivity contribution in [3.05, 3.63) is 5.82 Å². The van der Waals surface area contributed by atoms with Gasteiger partial charge >= 0.3 is 0 Å². The van der Waals surface area contributed by atoms with Gasteiger partial charge in [-0.1, -0.05) is 6.92 Å². The van der Waals surface area contributed by atoms with Crippen LogP contribution in [-0.2, 0) is 6.42 Å². The maximum absolute atomic E-state index is 5.23. The Kier molecular flexibility index (Phi) is 1.11. The van der Waals surface area contributed by atoms with Gasteiger partial charge in [0.2, 0.25) is 0 Å². The zero-order chi connectivity index (χ0) is 5.98. The van der Waals surface area contributed by atoms with E-state index in [0.29, 0.717) is 5.82 Å². The number of tetrazole rings is 1. The van der Waals surface area contributed by atoms with Gasteiger partial charge in [-0.2, -0.15) is 0 Å². The summed E-state index contributed by atoms with van der Waals surface area (Å²) in [5.74, 6) is 5.93. The number of rotatable bonds is 1. The van der Waals surface area contributed by atoms with Crippen LogP contribution >= 0.6 is 0 Å². The lowest BCUT2D eigenvalue weighted by molar-refractivity contribution is 0.730. The first kappa shape index (κ1) is 5.02. The molecule has 2 N–H and O–H groups in total. The molecule has 1 aromatic rings. The topological polar surface area (TPSA) is 69.6 Å². The van der Waals surface area contributed by atoms with Crippen LogP contribution in [0.5, 0.6) is 0 Å². The maximum Gasteiger partial charge on any atom is 0.173 e. The first-order valence-electron chi connectivity index (χ1n) is 2.37. The fraction of sp³-hybridized carbons (Fsp3) is 0.667. The number of nitrogens with zero attached hydrogens (tertiary/aromatic N) is 4. The minimum absolute atomic E-state index is 0.699. The van der Waals surface area contributed by atoms with E-state index in [1.165, 1.54) is 4.79 Å². The number of nitrogens with two attached hydrogens (primary N) is 1. The summed E-state index contributed by atoms with van der Waals surface area (Å²) in [4.78, 5) is 1.17. The van der Waals surface area contributed by atoms with E-state index in [0.717, 1.165) is 6.42 Å². The highest BCUT2D eigenvalue weighted by Crippen LogP contribution is 1.83. The minimum Gasteiger partial charge on any atom is -0.320 e. The Bertz CT molecular complexity index is 168. The molecule has 5 heteroatoms. The SMILES string of the molecule is CCc1nnnn1N. The predicted octanol–water partition coefficient (Wildman–Crippen LogP) is -1.05. The number of hydrogen-bond donors (Lipinski definition) is 1. The smallest absolute Gasteiger partial charge is 0.173 e. The second kappa shape index (κ2) is 1.77. The van der Waals surface area contributed by atoms with E-state index in [4.69, 9.17) is 5.84 Å². The van der Waals surface area contributed by atoms with Crippen LogP contribution in [0.15, 0.2) is 0 Å². The van der Waals surface area contributed by atoms with Crippen molar-refractivity contribution in [1.82, 2.24) is 20.3 Å². The Morgan fingerprint density at radius 1 is 1.75 bits per heavy atom. The molecule has 0 spiro atoms. The lowest BCUT2D eigenvalue weighted by Gasteiger charge is -1.87. The normalized spacial score (nSPS) is 9.62. The van der Waals surface area contributed by atoms with Crippen molar-refractivity contribution in [3.63, 3.8) is 0 Å². The van der Waals surface area contributed by atoms with E-state index in [-0.39, 0.29) is 0 Å². The Labute approximate surface area is 46.5 Å². The zero-order valence-corrected chi connectivity index (χ0v) is 4.57. The van der Waals surface area contributed by atoms with Crippen molar-refractivity contribution >= 4 is 0 Å². The summed E-state index contributed by atoms with van der Waals surface area (Å²) in [7, 11) is 0. The lowest BCUT2D eigenvalue weighted by Crippen LogP contribution is -2.13. The molecule has 0 saturated heterocycles. The van der Waals surface area contributed by atoms with E-state index >= 15 is 0 Å². The third kappa shape index (κ3) is 0.617. The van der Waals surface area contributed by atoms with Crippen molar-refractivity contribution < 1.29 is 0 Å². The summed E-state index contributed by atoms with van der Waals surface area (Å²) in [5.41, 5.74) is 0. The molecule has 1 rings (SSSR count). The Balaban J connectivity index is 2.92. The predicted molar refractivity (Wildman–Crippen MR) is 27.3 cm³/mol. The van der Waals surface area contributed by atoms with Crippen LogP contribution in [0.4, 0.5) is 0 Å². The van der Waals surface area contributed by atoms with Crippen molar-refractivity contribution in [2.45, 2.75) is 13.3 Å². The van der Waals surface area contributed by atoms with Gasteiger partial charge in [0.15, 0.2) is 5.82 Å². The second-order valence-electron chi connectivity index (χ2n) is 1.39. The molecule has 1 heterocycles. The summed E-state index contributed by atoms with van der Waals surface area (Å²) >= 11 is 0. The molecule has 0 fully saturated rings. The zero-order valence-electron chi connectivity index (χ0n) is 4.57. The Morgan fingerprint density at radius 3 is 2.75 bits per heavy atom. The molecule has 1 aromatic heterocycles. The summed E-state index contributed by atoms with van der Waals surface area (Å²) in [6.45, 7) is 1.94. The van der Waals surface area contributed by atoms with E-state index in [1.54, 1.807) is 0 Å². The molecule has 0 bridgehead atoms. The number of nitrogen functional groups attached to an aromatic ring is 1. The molecular weight excluding hydrogens is 106 g/mol. The van der Waals surface area contributed by atoms with Crippen molar-refractivity contribution in [2.75, 3.05) is 5.84 Å². The van der Waals surface area contributed by atoms with Crippen LogP contribution < -0.4 is 5.84 Å². The molecule has 0 aliphatic heterocycles. The molecule has 0 aliphatic rings. The Hall–Kier alpha value is -1.13. The molecule has 8 heavy (non-hydrogen) atoms. The molecule has 0 radical (unpaired) electrons. The van der Waals surface area contributed by atoms with E-state index < -0.39 is 0 Å². The monoisotopic (exact) mass is 113 g/mol.